The second-order valence-electron chi connectivity index (χ2n) is 5.94. The first-order chi connectivity index (χ1) is 12.2. The molecule has 124 valence electrons. The summed E-state index contributed by atoms with van der Waals surface area (Å²) in [4.78, 5) is 5.95. The number of phenols is 1. The van der Waals surface area contributed by atoms with E-state index in [0.29, 0.717) is 6.42 Å². The van der Waals surface area contributed by atoms with Gasteiger partial charge in [-0.2, -0.15) is 0 Å². The van der Waals surface area contributed by atoms with E-state index in [1.807, 2.05) is 36.4 Å². The van der Waals surface area contributed by atoms with Crippen LogP contribution in [-0.2, 0) is 0 Å². The van der Waals surface area contributed by atoms with E-state index < -0.39 is 0 Å². The van der Waals surface area contributed by atoms with E-state index >= 15 is 0 Å². The predicted molar refractivity (Wildman–Crippen MR) is 100 cm³/mol. The highest BCUT2D eigenvalue weighted by molar-refractivity contribution is 7.99. The Bertz CT molecular complexity index is 937. The van der Waals surface area contributed by atoms with Crippen molar-refractivity contribution in [2.45, 2.75) is 16.6 Å². The Labute approximate surface area is 150 Å². The number of aliphatic imine (C=N–C) groups is 1. The van der Waals surface area contributed by atoms with Gasteiger partial charge in [0.2, 0.25) is 0 Å². The van der Waals surface area contributed by atoms with Gasteiger partial charge in [0, 0.05) is 22.3 Å². The third kappa shape index (κ3) is 3.44. The SMILES string of the molecule is Oc1ccc(C2=Nc3ccccc3SC(c3cccc(F)c3)C2)cc1. The second kappa shape index (κ2) is 6.73. The highest BCUT2D eigenvalue weighted by atomic mass is 32.2. The highest BCUT2D eigenvalue weighted by Crippen LogP contribution is 2.45. The molecule has 3 aromatic carbocycles. The molecule has 0 bridgehead atoms. The zero-order valence-corrected chi connectivity index (χ0v) is 14.2. The van der Waals surface area contributed by atoms with Crippen molar-refractivity contribution < 1.29 is 9.50 Å². The van der Waals surface area contributed by atoms with Gasteiger partial charge in [0.1, 0.15) is 11.6 Å². The number of nitrogens with zero attached hydrogens (tertiary/aromatic N) is 1. The topological polar surface area (TPSA) is 32.6 Å². The van der Waals surface area contributed by atoms with Gasteiger partial charge >= 0.3 is 0 Å². The Hall–Kier alpha value is -2.59. The summed E-state index contributed by atoms with van der Waals surface area (Å²) in [5, 5.41) is 9.62. The van der Waals surface area contributed by atoms with Crippen molar-refractivity contribution in [2.75, 3.05) is 0 Å². The van der Waals surface area contributed by atoms with Crippen LogP contribution >= 0.6 is 11.8 Å². The lowest BCUT2D eigenvalue weighted by molar-refractivity contribution is 0.475. The van der Waals surface area contributed by atoms with Crippen molar-refractivity contribution in [1.29, 1.82) is 0 Å². The summed E-state index contributed by atoms with van der Waals surface area (Å²) in [6.45, 7) is 0. The average Bonchev–Trinajstić information content (AvgIpc) is 2.82. The van der Waals surface area contributed by atoms with Gasteiger partial charge in [-0.25, -0.2) is 4.39 Å². The number of hydrogen-bond donors (Lipinski definition) is 1. The van der Waals surface area contributed by atoms with E-state index in [-0.39, 0.29) is 16.8 Å². The molecule has 1 N–H and O–H groups in total. The number of para-hydroxylation sites is 1. The van der Waals surface area contributed by atoms with Crippen molar-refractivity contribution >= 4 is 23.2 Å². The molecule has 0 radical (unpaired) electrons. The van der Waals surface area contributed by atoms with Crippen LogP contribution in [0.5, 0.6) is 5.75 Å². The normalized spacial score (nSPS) is 16.7. The molecule has 1 heterocycles. The average molecular weight is 349 g/mol. The summed E-state index contributed by atoms with van der Waals surface area (Å²) < 4.78 is 13.7. The lowest BCUT2D eigenvalue weighted by atomic mass is 10.0. The van der Waals surface area contributed by atoms with E-state index in [2.05, 4.69) is 6.07 Å². The molecule has 0 saturated carbocycles. The molecule has 0 aromatic heterocycles. The molecule has 0 fully saturated rings. The van der Waals surface area contributed by atoms with Crippen molar-refractivity contribution in [3.63, 3.8) is 0 Å². The zero-order valence-electron chi connectivity index (χ0n) is 13.4. The first-order valence-electron chi connectivity index (χ1n) is 8.07. The first kappa shape index (κ1) is 15.9. The van der Waals surface area contributed by atoms with E-state index in [1.54, 1.807) is 36.0 Å². The van der Waals surface area contributed by atoms with Gasteiger partial charge < -0.3 is 5.11 Å². The van der Waals surface area contributed by atoms with Crippen LogP contribution in [0.4, 0.5) is 10.1 Å². The van der Waals surface area contributed by atoms with Crippen LogP contribution in [0.25, 0.3) is 0 Å². The van der Waals surface area contributed by atoms with E-state index in [4.69, 9.17) is 4.99 Å². The van der Waals surface area contributed by atoms with E-state index in [9.17, 15) is 9.50 Å². The van der Waals surface area contributed by atoms with Gasteiger partial charge in [0.05, 0.1) is 5.69 Å². The van der Waals surface area contributed by atoms with Crippen LogP contribution < -0.4 is 0 Å². The molecule has 1 unspecified atom stereocenters. The number of aromatic hydroxyl groups is 1. The van der Waals surface area contributed by atoms with Gasteiger partial charge in [-0.3, -0.25) is 4.99 Å². The maximum absolute atomic E-state index is 13.7. The predicted octanol–water partition coefficient (Wildman–Crippen LogP) is 5.89. The molecule has 25 heavy (non-hydrogen) atoms. The van der Waals surface area contributed by atoms with Crippen LogP contribution in [0.1, 0.15) is 22.8 Å². The van der Waals surface area contributed by atoms with Crippen LogP contribution in [0.3, 0.4) is 0 Å². The molecule has 1 atom stereocenters. The van der Waals surface area contributed by atoms with Gasteiger partial charge in [0.15, 0.2) is 0 Å². The first-order valence-corrected chi connectivity index (χ1v) is 8.95. The monoisotopic (exact) mass is 349 g/mol. The third-order valence-electron chi connectivity index (χ3n) is 4.19. The van der Waals surface area contributed by atoms with Crippen LogP contribution in [0, 0.1) is 5.82 Å². The van der Waals surface area contributed by atoms with Crippen LogP contribution in [0.15, 0.2) is 82.7 Å². The number of rotatable bonds is 2. The van der Waals surface area contributed by atoms with Crippen molar-refractivity contribution in [2.24, 2.45) is 4.99 Å². The molecule has 0 spiro atoms. The smallest absolute Gasteiger partial charge is 0.123 e. The van der Waals surface area contributed by atoms with Crippen molar-refractivity contribution in [3.05, 3.63) is 89.7 Å². The van der Waals surface area contributed by atoms with Crippen molar-refractivity contribution in [1.82, 2.24) is 0 Å². The molecule has 4 heteroatoms. The zero-order chi connectivity index (χ0) is 17.2. The molecule has 4 rings (SSSR count). The molecule has 1 aliphatic heterocycles. The minimum atomic E-state index is -0.223. The number of fused-ring (bicyclic) bond motifs is 1. The molecule has 0 saturated heterocycles. The standard InChI is InChI=1S/C21H16FNOS/c22-16-5-3-4-15(12-16)21-13-19(14-8-10-17(24)11-9-14)23-18-6-1-2-7-20(18)25-21/h1-12,21,24H,13H2. The Morgan fingerprint density at radius 1 is 0.960 bits per heavy atom. The largest absolute Gasteiger partial charge is 0.508 e. The molecule has 1 aliphatic rings. The highest BCUT2D eigenvalue weighted by Gasteiger charge is 2.22. The molecule has 0 amide bonds. The Morgan fingerprint density at radius 3 is 2.56 bits per heavy atom. The second-order valence-corrected chi connectivity index (χ2v) is 7.18. The maximum atomic E-state index is 13.7. The summed E-state index contributed by atoms with van der Waals surface area (Å²) in [5.74, 6) is 0.00758. The number of thioether (sulfide) groups is 1. The number of phenolic OH excluding ortho intramolecular Hbond substituents is 1. The fraction of sp³-hybridized carbons (Fsp3) is 0.0952. The molecule has 2 nitrogen and oxygen atoms in total. The number of benzene rings is 3. The molecular formula is C21H16FNOS. The fourth-order valence-corrected chi connectivity index (χ4v) is 4.16. The van der Waals surface area contributed by atoms with E-state index in [1.165, 1.54) is 6.07 Å². The van der Waals surface area contributed by atoms with Crippen LogP contribution in [0.2, 0.25) is 0 Å². The molecule has 0 aliphatic carbocycles. The van der Waals surface area contributed by atoms with Crippen molar-refractivity contribution in [3.8, 4) is 5.75 Å². The van der Waals surface area contributed by atoms with Crippen LogP contribution in [-0.4, -0.2) is 10.8 Å². The number of halogens is 1. The maximum Gasteiger partial charge on any atom is 0.123 e. The summed E-state index contributed by atoms with van der Waals surface area (Å²) >= 11 is 1.71. The minimum absolute atomic E-state index is 0.0758. The summed E-state index contributed by atoms with van der Waals surface area (Å²) in [7, 11) is 0. The lowest BCUT2D eigenvalue weighted by Crippen LogP contribution is -2.05. The van der Waals surface area contributed by atoms with Gasteiger partial charge in [-0.05, 0) is 59.7 Å². The quantitative estimate of drug-likeness (QED) is 0.626. The summed E-state index contributed by atoms with van der Waals surface area (Å²) in [5.41, 5.74) is 3.78. The lowest BCUT2D eigenvalue weighted by Gasteiger charge is -2.16. The third-order valence-corrected chi connectivity index (χ3v) is 5.51. The minimum Gasteiger partial charge on any atom is -0.508 e. The molecular weight excluding hydrogens is 333 g/mol. The fourth-order valence-electron chi connectivity index (χ4n) is 2.94. The Kier molecular flexibility index (Phi) is 4.28. The van der Waals surface area contributed by atoms with Gasteiger partial charge in [0.25, 0.3) is 0 Å². The number of hydrogen-bond acceptors (Lipinski definition) is 3. The summed E-state index contributed by atoms with van der Waals surface area (Å²) in [6.07, 6.45) is 0.688. The molecule has 3 aromatic rings. The summed E-state index contributed by atoms with van der Waals surface area (Å²) in [6, 6.07) is 21.9. The van der Waals surface area contributed by atoms with Gasteiger partial charge in [-0.15, -0.1) is 11.8 Å². The Balaban J connectivity index is 1.80. The van der Waals surface area contributed by atoms with E-state index in [0.717, 1.165) is 27.4 Å². The van der Waals surface area contributed by atoms with Gasteiger partial charge in [-0.1, -0.05) is 24.3 Å². The Morgan fingerprint density at radius 2 is 1.76 bits per heavy atom.